The van der Waals surface area contributed by atoms with E-state index < -0.39 is 10.8 Å². The van der Waals surface area contributed by atoms with Crippen LogP contribution in [-0.4, -0.2) is 39.0 Å². The zero-order valence-corrected chi connectivity index (χ0v) is 16.3. The zero-order valence-electron chi connectivity index (χ0n) is 15.5. The molecule has 0 saturated heterocycles. The van der Waals surface area contributed by atoms with Gasteiger partial charge in [-0.05, 0) is 44.0 Å². The Labute approximate surface area is 157 Å². The van der Waals surface area contributed by atoms with Crippen molar-refractivity contribution >= 4 is 17.7 Å². The molecule has 0 saturated carbocycles. The average molecular weight is 373 g/mol. The number of amides is 1. The number of rotatable bonds is 7. The largest absolute Gasteiger partial charge is 0.497 e. The van der Waals surface area contributed by atoms with Crippen LogP contribution in [0.2, 0.25) is 0 Å². The molecule has 0 aliphatic carbocycles. The molecular formula is C18H23N5O2S. The van der Waals surface area contributed by atoms with E-state index in [0.717, 1.165) is 11.3 Å². The average Bonchev–Trinajstić information content (AvgIpc) is 3.09. The number of aromatic nitrogens is 3. The van der Waals surface area contributed by atoms with Crippen LogP contribution in [0.3, 0.4) is 0 Å². The highest BCUT2D eigenvalue weighted by Gasteiger charge is 2.32. The molecule has 7 nitrogen and oxygen atoms in total. The van der Waals surface area contributed by atoms with E-state index in [4.69, 9.17) is 4.74 Å². The second-order valence-electron chi connectivity index (χ2n) is 6.41. The van der Waals surface area contributed by atoms with Gasteiger partial charge in [-0.3, -0.25) is 9.89 Å². The third-order valence-corrected chi connectivity index (χ3v) is 5.21. The first-order valence-corrected chi connectivity index (χ1v) is 9.13. The second-order valence-corrected chi connectivity index (χ2v) is 7.72. The molecule has 0 bridgehead atoms. The molecule has 2 aromatic rings. The number of carbonyl (C=O) groups excluding carboxylic acids is 1. The summed E-state index contributed by atoms with van der Waals surface area (Å²) >= 11 is 1.24. The van der Waals surface area contributed by atoms with E-state index in [1.165, 1.54) is 11.8 Å². The van der Waals surface area contributed by atoms with E-state index in [1.807, 2.05) is 38.1 Å². The highest BCUT2D eigenvalue weighted by Crippen LogP contribution is 2.25. The quantitative estimate of drug-likeness (QED) is 0.723. The lowest BCUT2D eigenvalue weighted by molar-refractivity contribution is -0.121. The van der Waals surface area contributed by atoms with Gasteiger partial charge < -0.3 is 10.1 Å². The SMILES string of the molecule is COc1ccc(-c2nc(S[C@H](C)C(=O)N[C@](C)(C#N)C(C)C)n[nH]2)cc1. The number of methoxy groups -OCH3 is 1. The molecule has 2 atom stereocenters. The molecule has 0 aliphatic heterocycles. The van der Waals surface area contributed by atoms with Gasteiger partial charge in [-0.15, -0.1) is 5.10 Å². The Hall–Kier alpha value is -2.53. The standard InChI is InChI=1S/C18H23N5O2S/c1-11(2)18(4,10-19)21-16(24)12(3)26-17-20-15(22-23-17)13-6-8-14(25-5)9-7-13/h6-9,11-12H,1-5H3,(H,21,24)(H,20,22,23)/t12-,18-/m1/s1. The molecule has 138 valence electrons. The Bertz CT molecular complexity index is 797. The molecule has 1 amide bonds. The van der Waals surface area contributed by atoms with Gasteiger partial charge in [0.05, 0.1) is 18.4 Å². The normalized spacial score (nSPS) is 14.3. The minimum absolute atomic E-state index is 0.00108. The Morgan fingerprint density at radius 2 is 2.00 bits per heavy atom. The fourth-order valence-electron chi connectivity index (χ4n) is 2.05. The number of benzene rings is 1. The topological polar surface area (TPSA) is 104 Å². The molecule has 1 aromatic carbocycles. The van der Waals surface area contributed by atoms with E-state index in [-0.39, 0.29) is 11.8 Å². The van der Waals surface area contributed by atoms with Gasteiger partial charge in [0, 0.05) is 5.56 Å². The number of aromatic amines is 1. The summed E-state index contributed by atoms with van der Waals surface area (Å²) in [4.78, 5) is 16.8. The fraction of sp³-hybridized carbons (Fsp3) is 0.444. The van der Waals surface area contributed by atoms with Crippen LogP contribution >= 0.6 is 11.8 Å². The van der Waals surface area contributed by atoms with Crippen molar-refractivity contribution in [2.45, 2.75) is 43.6 Å². The first-order valence-electron chi connectivity index (χ1n) is 8.26. The van der Waals surface area contributed by atoms with E-state index >= 15 is 0 Å². The van der Waals surface area contributed by atoms with Gasteiger partial charge in [0.1, 0.15) is 11.3 Å². The molecule has 0 unspecified atom stereocenters. The van der Waals surface area contributed by atoms with Gasteiger partial charge in [0.2, 0.25) is 11.1 Å². The number of thioether (sulfide) groups is 1. The lowest BCUT2D eigenvalue weighted by Crippen LogP contribution is -2.51. The summed E-state index contributed by atoms with van der Waals surface area (Å²) in [6.45, 7) is 7.29. The van der Waals surface area contributed by atoms with Crippen molar-refractivity contribution in [3.63, 3.8) is 0 Å². The summed E-state index contributed by atoms with van der Waals surface area (Å²) in [5.41, 5.74) is -0.0294. The summed E-state index contributed by atoms with van der Waals surface area (Å²) in [6.07, 6.45) is 0. The molecule has 26 heavy (non-hydrogen) atoms. The minimum Gasteiger partial charge on any atom is -0.497 e. The summed E-state index contributed by atoms with van der Waals surface area (Å²) in [5.74, 6) is 1.16. The van der Waals surface area contributed by atoms with Crippen LogP contribution in [0, 0.1) is 17.2 Å². The van der Waals surface area contributed by atoms with Crippen molar-refractivity contribution in [1.82, 2.24) is 20.5 Å². The maximum Gasteiger partial charge on any atom is 0.234 e. The predicted octanol–water partition coefficient (Wildman–Crippen LogP) is 3.02. The highest BCUT2D eigenvalue weighted by molar-refractivity contribution is 8.00. The number of carbonyl (C=O) groups is 1. The van der Waals surface area contributed by atoms with Gasteiger partial charge in [0.25, 0.3) is 0 Å². The Morgan fingerprint density at radius 1 is 1.35 bits per heavy atom. The number of hydrogen-bond donors (Lipinski definition) is 2. The molecule has 0 fully saturated rings. The van der Waals surface area contributed by atoms with Crippen molar-refractivity contribution in [2.75, 3.05) is 7.11 Å². The third-order valence-electron chi connectivity index (χ3n) is 4.25. The summed E-state index contributed by atoms with van der Waals surface area (Å²) in [5, 5.41) is 19.2. The molecule has 2 N–H and O–H groups in total. The zero-order chi connectivity index (χ0) is 19.3. The van der Waals surface area contributed by atoms with E-state index in [0.29, 0.717) is 11.0 Å². The Kier molecular flexibility index (Phi) is 6.27. The van der Waals surface area contributed by atoms with Gasteiger partial charge in [-0.1, -0.05) is 25.6 Å². The highest BCUT2D eigenvalue weighted by atomic mass is 32.2. The molecule has 0 spiro atoms. The van der Waals surface area contributed by atoms with Crippen LogP contribution in [0.1, 0.15) is 27.7 Å². The van der Waals surface area contributed by atoms with Crippen LogP contribution in [0.4, 0.5) is 0 Å². The number of H-pyrrole nitrogens is 1. The number of ether oxygens (including phenoxy) is 1. The summed E-state index contributed by atoms with van der Waals surface area (Å²) in [6, 6.07) is 9.62. The van der Waals surface area contributed by atoms with E-state index in [9.17, 15) is 10.1 Å². The first-order chi connectivity index (χ1) is 12.3. The van der Waals surface area contributed by atoms with Crippen LogP contribution in [0.15, 0.2) is 29.4 Å². The molecule has 0 aliphatic rings. The van der Waals surface area contributed by atoms with Crippen LogP contribution in [0.5, 0.6) is 5.75 Å². The van der Waals surface area contributed by atoms with Crippen LogP contribution in [-0.2, 0) is 4.79 Å². The molecule has 8 heteroatoms. The molecule has 1 heterocycles. The van der Waals surface area contributed by atoms with Crippen molar-refractivity contribution in [3.8, 4) is 23.2 Å². The van der Waals surface area contributed by atoms with Gasteiger partial charge in [-0.2, -0.15) is 5.26 Å². The van der Waals surface area contributed by atoms with E-state index in [1.54, 1.807) is 21.0 Å². The Balaban J connectivity index is 2.03. The smallest absolute Gasteiger partial charge is 0.234 e. The maximum absolute atomic E-state index is 12.4. The number of hydrogen-bond acceptors (Lipinski definition) is 6. The van der Waals surface area contributed by atoms with Gasteiger partial charge >= 0.3 is 0 Å². The van der Waals surface area contributed by atoms with Crippen LogP contribution < -0.4 is 10.1 Å². The number of nitrogens with one attached hydrogen (secondary N) is 2. The van der Waals surface area contributed by atoms with Crippen molar-refractivity contribution in [3.05, 3.63) is 24.3 Å². The fourth-order valence-corrected chi connectivity index (χ4v) is 2.77. The number of nitrogens with zero attached hydrogens (tertiary/aromatic N) is 3. The van der Waals surface area contributed by atoms with Crippen molar-refractivity contribution < 1.29 is 9.53 Å². The molecular weight excluding hydrogens is 350 g/mol. The maximum atomic E-state index is 12.4. The lowest BCUT2D eigenvalue weighted by Gasteiger charge is -2.28. The molecule has 2 rings (SSSR count). The van der Waals surface area contributed by atoms with Crippen LogP contribution in [0.25, 0.3) is 11.4 Å². The summed E-state index contributed by atoms with van der Waals surface area (Å²) in [7, 11) is 1.61. The van der Waals surface area contributed by atoms with E-state index in [2.05, 4.69) is 26.6 Å². The third kappa shape index (κ3) is 4.55. The predicted molar refractivity (Wildman–Crippen MR) is 101 cm³/mol. The van der Waals surface area contributed by atoms with Gasteiger partial charge in [0.15, 0.2) is 5.82 Å². The molecule has 1 aromatic heterocycles. The Morgan fingerprint density at radius 3 is 2.54 bits per heavy atom. The number of nitriles is 1. The molecule has 0 radical (unpaired) electrons. The van der Waals surface area contributed by atoms with Gasteiger partial charge in [-0.25, -0.2) is 4.98 Å². The van der Waals surface area contributed by atoms with Crippen molar-refractivity contribution in [1.29, 1.82) is 5.26 Å². The monoisotopic (exact) mass is 373 g/mol. The lowest BCUT2D eigenvalue weighted by atomic mass is 9.90. The first kappa shape index (κ1) is 19.8. The summed E-state index contributed by atoms with van der Waals surface area (Å²) < 4.78 is 5.14. The van der Waals surface area contributed by atoms with Crippen molar-refractivity contribution in [2.24, 2.45) is 5.92 Å². The second kappa shape index (κ2) is 8.23. The minimum atomic E-state index is -0.904.